The third kappa shape index (κ3) is 13.6. The quantitative estimate of drug-likeness (QED) is 0.196. The maximum atomic E-state index is 9.93. The van der Waals surface area contributed by atoms with Crippen LogP contribution in [0.4, 0.5) is 0 Å². The molecule has 0 rings (SSSR count). The minimum Gasteiger partial charge on any atom is -0.748 e. The Morgan fingerprint density at radius 3 is 2.45 bits per heavy atom. The molecule has 0 aliphatic carbocycles. The van der Waals surface area contributed by atoms with E-state index in [-0.39, 0.29) is 42.8 Å². The van der Waals surface area contributed by atoms with Crippen molar-refractivity contribution in [2.75, 3.05) is 19.0 Å². The smallest absolute Gasteiger partial charge is 0.748 e. The molecule has 0 N–H and O–H groups in total. The molecular weight excluding hydrogens is 179 g/mol. The Hall–Kier alpha value is 0.610. The van der Waals surface area contributed by atoms with Crippen molar-refractivity contribution in [1.29, 1.82) is 0 Å². The first-order valence-corrected chi connectivity index (χ1v) is 4.26. The van der Waals surface area contributed by atoms with Crippen molar-refractivity contribution >= 4 is 10.1 Å². The molecule has 0 saturated carbocycles. The van der Waals surface area contributed by atoms with E-state index in [1.165, 1.54) is 6.08 Å². The molecule has 0 aromatic carbocycles. The maximum Gasteiger partial charge on any atom is 1.00 e. The van der Waals surface area contributed by atoms with Crippen LogP contribution in [0.2, 0.25) is 0 Å². The second kappa shape index (κ2) is 7.27. The maximum absolute atomic E-state index is 9.93. The summed E-state index contributed by atoms with van der Waals surface area (Å²) in [5, 5.41) is 0. The van der Waals surface area contributed by atoms with Gasteiger partial charge in [-0.2, -0.15) is 0 Å². The van der Waals surface area contributed by atoms with Crippen LogP contribution in [0.5, 0.6) is 0 Å². The van der Waals surface area contributed by atoms with Gasteiger partial charge in [0.15, 0.2) is 0 Å². The van der Waals surface area contributed by atoms with Crippen LogP contribution in [0.25, 0.3) is 0 Å². The average molecular weight is 188 g/mol. The largest absolute Gasteiger partial charge is 1.00 e. The topological polar surface area (TPSA) is 66.4 Å². The zero-order valence-corrected chi connectivity index (χ0v) is 9.26. The molecule has 4 nitrogen and oxygen atoms in total. The van der Waals surface area contributed by atoms with Gasteiger partial charge in [0, 0.05) is 0 Å². The summed E-state index contributed by atoms with van der Waals surface area (Å²) in [6.07, 6.45) is 1.48. The number of ether oxygens (including phenoxy) is 1. The zero-order chi connectivity index (χ0) is 8.04. The molecule has 0 atom stereocenters. The van der Waals surface area contributed by atoms with E-state index in [0.717, 1.165) is 0 Å². The predicted molar refractivity (Wildman–Crippen MR) is 35.6 cm³/mol. The summed E-state index contributed by atoms with van der Waals surface area (Å²) in [7, 11) is -4.11. The molecule has 0 aliphatic heterocycles. The van der Waals surface area contributed by atoms with Crippen LogP contribution in [0, 0.1) is 0 Å². The molecule has 6 heteroatoms. The molecule has 0 aromatic heterocycles. The molecule has 0 saturated heterocycles. The second-order valence-electron chi connectivity index (χ2n) is 1.63. The van der Waals surface area contributed by atoms with Gasteiger partial charge in [-0.3, -0.25) is 0 Å². The van der Waals surface area contributed by atoms with Crippen molar-refractivity contribution < 1.29 is 47.3 Å². The van der Waals surface area contributed by atoms with E-state index in [4.69, 9.17) is 0 Å². The van der Waals surface area contributed by atoms with Crippen LogP contribution >= 0.6 is 0 Å². The van der Waals surface area contributed by atoms with Gasteiger partial charge >= 0.3 is 29.6 Å². The third-order valence-corrected chi connectivity index (χ3v) is 1.38. The van der Waals surface area contributed by atoms with Crippen molar-refractivity contribution in [2.45, 2.75) is 0 Å². The summed E-state index contributed by atoms with van der Waals surface area (Å²) in [6, 6.07) is 0. The minimum atomic E-state index is -4.11. The van der Waals surface area contributed by atoms with Crippen molar-refractivity contribution in [3.8, 4) is 0 Å². The summed E-state index contributed by atoms with van der Waals surface area (Å²) < 4.78 is 34.5. The van der Waals surface area contributed by atoms with Crippen molar-refractivity contribution in [3.63, 3.8) is 0 Å². The Morgan fingerprint density at radius 2 is 2.09 bits per heavy atom. The number of rotatable bonds is 5. The zero-order valence-electron chi connectivity index (χ0n) is 6.45. The van der Waals surface area contributed by atoms with Gasteiger partial charge in [0.1, 0.15) is 0 Å². The fraction of sp³-hybridized carbons (Fsp3) is 0.600. The van der Waals surface area contributed by atoms with E-state index in [1.807, 2.05) is 0 Å². The van der Waals surface area contributed by atoms with Crippen molar-refractivity contribution in [1.82, 2.24) is 0 Å². The minimum absolute atomic E-state index is 0. The first-order valence-electron chi connectivity index (χ1n) is 2.68. The molecule has 11 heavy (non-hydrogen) atoms. The summed E-state index contributed by atoms with van der Waals surface area (Å²) in [5.41, 5.74) is 0. The molecule has 0 bridgehead atoms. The standard InChI is InChI=1S/C5H10O4S.Na/c1-2-3-9-4-5-10(6,7)8;/h2H,1,3-5H2,(H,6,7,8);/q;+1/p-1. The molecule has 60 valence electrons. The average Bonchev–Trinajstić information content (AvgIpc) is 1.78. The molecule has 0 aromatic rings. The van der Waals surface area contributed by atoms with E-state index >= 15 is 0 Å². The van der Waals surface area contributed by atoms with Gasteiger partial charge in [-0.15, -0.1) is 6.58 Å². The van der Waals surface area contributed by atoms with E-state index in [0.29, 0.717) is 0 Å². The second-order valence-corrected chi connectivity index (χ2v) is 3.15. The van der Waals surface area contributed by atoms with Gasteiger partial charge in [-0.1, -0.05) is 6.08 Å². The van der Waals surface area contributed by atoms with Crippen LogP contribution in [0.1, 0.15) is 0 Å². The summed E-state index contributed by atoms with van der Waals surface area (Å²) in [4.78, 5) is 0. The Balaban J connectivity index is 0. The Morgan fingerprint density at radius 1 is 1.55 bits per heavy atom. The van der Waals surface area contributed by atoms with E-state index in [9.17, 15) is 13.0 Å². The molecule has 0 fully saturated rings. The van der Waals surface area contributed by atoms with Gasteiger partial charge in [0.05, 0.1) is 29.1 Å². The fourth-order valence-corrected chi connectivity index (χ4v) is 0.650. The molecule has 0 amide bonds. The van der Waals surface area contributed by atoms with E-state index in [1.54, 1.807) is 0 Å². The molecule has 0 unspecified atom stereocenters. The number of hydrogen-bond donors (Lipinski definition) is 0. The molecule has 0 spiro atoms. The molecule has 0 radical (unpaired) electrons. The number of hydrogen-bond acceptors (Lipinski definition) is 4. The first-order chi connectivity index (χ1) is 4.56. The third-order valence-electron chi connectivity index (χ3n) is 0.713. The van der Waals surface area contributed by atoms with E-state index < -0.39 is 15.9 Å². The van der Waals surface area contributed by atoms with Crippen LogP contribution in [-0.4, -0.2) is 31.9 Å². The molecule has 0 heterocycles. The van der Waals surface area contributed by atoms with Crippen molar-refractivity contribution in [2.24, 2.45) is 0 Å². The van der Waals surface area contributed by atoms with Crippen LogP contribution < -0.4 is 29.6 Å². The molecule has 0 aliphatic rings. The normalized spacial score (nSPS) is 10.3. The van der Waals surface area contributed by atoms with Gasteiger partial charge in [0.2, 0.25) is 0 Å². The van der Waals surface area contributed by atoms with Gasteiger partial charge < -0.3 is 9.29 Å². The van der Waals surface area contributed by atoms with E-state index in [2.05, 4.69) is 11.3 Å². The van der Waals surface area contributed by atoms with Gasteiger partial charge in [-0.25, -0.2) is 8.42 Å². The Labute approximate surface area is 88.7 Å². The van der Waals surface area contributed by atoms with Crippen LogP contribution in [-0.2, 0) is 14.9 Å². The predicted octanol–water partition coefficient (Wildman–Crippen LogP) is -3.26. The van der Waals surface area contributed by atoms with Gasteiger partial charge in [-0.05, 0) is 0 Å². The SMILES string of the molecule is C=CCOCCS(=O)(=O)[O-].[Na+]. The summed E-state index contributed by atoms with van der Waals surface area (Å²) in [6.45, 7) is 3.56. The van der Waals surface area contributed by atoms with Gasteiger partial charge in [0.25, 0.3) is 0 Å². The monoisotopic (exact) mass is 188 g/mol. The molecular formula is C5H9NaO4S. The summed E-state index contributed by atoms with van der Waals surface area (Å²) in [5.74, 6) is -0.471. The van der Waals surface area contributed by atoms with Crippen molar-refractivity contribution in [3.05, 3.63) is 12.7 Å². The van der Waals surface area contributed by atoms with Crippen LogP contribution in [0.15, 0.2) is 12.7 Å². The fourth-order valence-electron chi connectivity index (χ4n) is 0.328. The van der Waals surface area contributed by atoms with Crippen LogP contribution in [0.3, 0.4) is 0 Å². The Bertz CT molecular complexity index is 187. The Kier molecular flexibility index (Phi) is 9.35. The summed E-state index contributed by atoms with van der Waals surface area (Å²) >= 11 is 0. The first kappa shape index (κ1) is 14.2.